The highest BCUT2D eigenvalue weighted by Gasteiger charge is 2.33. The Bertz CT molecular complexity index is 292. The first-order chi connectivity index (χ1) is 6.20. The molecule has 1 N–H and O–H groups in total. The van der Waals surface area contributed by atoms with Crippen LogP contribution < -0.4 is 0 Å². The first kappa shape index (κ1) is 9.65. The smallest absolute Gasteiger partial charge is 0.0950 e. The van der Waals surface area contributed by atoms with E-state index in [-0.39, 0.29) is 0 Å². The van der Waals surface area contributed by atoms with Gasteiger partial charge < -0.3 is 9.84 Å². The molecule has 1 unspecified atom stereocenters. The number of hydrogen-bond acceptors (Lipinski definition) is 3. The molecule has 1 saturated heterocycles. The Hall–Kier alpha value is 0.1000. The van der Waals surface area contributed by atoms with Gasteiger partial charge in [0.05, 0.1) is 12.2 Å². The van der Waals surface area contributed by atoms with Crippen LogP contribution in [0.5, 0.6) is 0 Å². The second-order valence-electron chi connectivity index (χ2n) is 3.40. The molecule has 2 nitrogen and oxygen atoms in total. The van der Waals surface area contributed by atoms with E-state index in [4.69, 9.17) is 4.74 Å². The topological polar surface area (TPSA) is 29.5 Å². The van der Waals surface area contributed by atoms with E-state index in [9.17, 15) is 5.11 Å². The van der Waals surface area contributed by atoms with Crippen molar-refractivity contribution in [3.05, 3.63) is 20.8 Å². The number of hydrogen-bond donors (Lipinski definition) is 1. The Kier molecular flexibility index (Phi) is 2.74. The Morgan fingerprint density at radius 2 is 2.54 bits per heavy atom. The summed E-state index contributed by atoms with van der Waals surface area (Å²) in [5, 5.41) is 12.1. The summed E-state index contributed by atoms with van der Waals surface area (Å²) in [7, 11) is 0. The molecule has 0 aromatic carbocycles. The monoisotopic (exact) mass is 262 g/mol. The zero-order valence-corrected chi connectivity index (χ0v) is 9.53. The van der Waals surface area contributed by atoms with E-state index in [2.05, 4.69) is 15.9 Å². The van der Waals surface area contributed by atoms with Gasteiger partial charge in [-0.3, -0.25) is 0 Å². The summed E-state index contributed by atoms with van der Waals surface area (Å²) in [6.07, 6.45) is 1.45. The second kappa shape index (κ2) is 3.69. The minimum atomic E-state index is -0.632. The lowest BCUT2D eigenvalue weighted by Crippen LogP contribution is -2.31. The maximum atomic E-state index is 10.0. The quantitative estimate of drug-likeness (QED) is 0.886. The van der Waals surface area contributed by atoms with Gasteiger partial charge in [-0.2, -0.15) is 0 Å². The van der Waals surface area contributed by atoms with E-state index in [1.807, 2.05) is 11.4 Å². The molecule has 4 heteroatoms. The van der Waals surface area contributed by atoms with Crippen molar-refractivity contribution in [3.8, 4) is 0 Å². The second-order valence-corrected chi connectivity index (χ2v) is 5.25. The fourth-order valence-corrected chi connectivity index (χ4v) is 3.11. The fraction of sp³-hybridized carbons (Fsp3) is 0.556. The molecule has 0 radical (unpaired) electrons. The molecule has 0 spiro atoms. The van der Waals surface area contributed by atoms with Crippen LogP contribution >= 0.6 is 27.3 Å². The highest BCUT2D eigenvalue weighted by Crippen LogP contribution is 2.30. The third-order valence-corrected chi connectivity index (χ3v) is 4.19. The van der Waals surface area contributed by atoms with Gasteiger partial charge in [0, 0.05) is 28.8 Å². The molecule has 1 aromatic rings. The van der Waals surface area contributed by atoms with Gasteiger partial charge in [0.15, 0.2) is 0 Å². The molecule has 13 heavy (non-hydrogen) atoms. The molecule has 0 saturated carbocycles. The van der Waals surface area contributed by atoms with E-state index in [1.165, 1.54) is 4.88 Å². The molecule has 1 aromatic heterocycles. The molecule has 1 atom stereocenters. The highest BCUT2D eigenvalue weighted by molar-refractivity contribution is 9.10. The van der Waals surface area contributed by atoms with Crippen LogP contribution in [0.3, 0.4) is 0 Å². The Labute approximate surface area is 89.7 Å². The average Bonchev–Trinajstić information content (AvgIpc) is 2.64. The molecule has 1 aliphatic heterocycles. The molecular formula is C9H11BrO2S. The molecule has 1 aliphatic rings. The molecule has 0 bridgehead atoms. The zero-order chi connectivity index (χ0) is 9.31. The van der Waals surface area contributed by atoms with Gasteiger partial charge in [0.25, 0.3) is 0 Å². The minimum absolute atomic E-state index is 0.470. The van der Waals surface area contributed by atoms with E-state index in [0.29, 0.717) is 19.6 Å². The van der Waals surface area contributed by atoms with Gasteiger partial charge in [-0.1, -0.05) is 0 Å². The van der Waals surface area contributed by atoms with Gasteiger partial charge in [0.2, 0.25) is 0 Å². The van der Waals surface area contributed by atoms with E-state index < -0.39 is 5.60 Å². The predicted octanol–water partition coefficient (Wildman–Crippen LogP) is 2.20. The van der Waals surface area contributed by atoms with Crippen molar-refractivity contribution in [2.45, 2.75) is 18.4 Å². The minimum Gasteiger partial charge on any atom is -0.387 e. The number of halogens is 1. The zero-order valence-electron chi connectivity index (χ0n) is 7.12. The molecule has 1 fully saturated rings. The number of rotatable bonds is 2. The van der Waals surface area contributed by atoms with Gasteiger partial charge in [-0.05, 0) is 27.4 Å². The summed E-state index contributed by atoms with van der Waals surface area (Å²) in [6.45, 7) is 1.15. The van der Waals surface area contributed by atoms with Gasteiger partial charge in [-0.15, -0.1) is 11.3 Å². The summed E-state index contributed by atoms with van der Waals surface area (Å²) in [6, 6.07) is 2.01. The largest absolute Gasteiger partial charge is 0.387 e. The van der Waals surface area contributed by atoms with Crippen LogP contribution in [0.4, 0.5) is 0 Å². The van der Waals surface area contributed by atoms with Crippen LogP contribution in [0.15, 0.2) is 15.9 Å². The van der Waals surface area contributed by atoms with Crippen LogP contribution in [0.2, 0.25) is 0 Å². The van der Waals surface area contributed by atoms with Crippen LogP contribution in [-0.4, -0.2) is 23.9 Å². The van der Waals surface area contributed by atoms with Crippen molar-refractivity contribution in [1.82, 2.24) is 0 Å². The Morgan fingerprint density at radius 1 is 1.69 bits per heavy atom. The van der Waals surface area contributed by atoms with Gasteiger partial charge in [-0.25, -0.2) is 0 Å². The Balaban J connectivity index is 2.09. The average molecular weight is 263 g/mol. The lowest BCUT2D eigenvalue weighted by molar-refractivity contribution is 0.0276. The lowest BCUT2D eigenvalue weighted by Gasteiger charge is -2.19. The number of thiophene rings is 1. The number of ether oxygens (including phenoxy) is 1. The van der Waals surface area contributed by atoms with Crippen molar-refractivity contribution < 1.29 is 9.84 Å². The van der Waals surface area contributed by atoms with Crippen LogP contribution in [-0.2, 0) is 11.2 Å². The highest BCUT2D eigenvalue weighted by atomic mass is 79.9. The maximum absolute atomic E-state index is 10.0. The van der Waals surface area contributed by atoms with Crippen molar-refractivity contribution in [2.75, 3.05) is 13.2 Å². The van der Waals surface area contributed by atoms with E-state index in [1.54, 1.807) is 11.3 Å². The Morgan fingerprint density at radius 3 is 3.08 bits per heavy atom. The molecule has 72 valence electrons. The van der Waals surface area contributed by atoms with Gasteiger partial charge in [0.1, 0.15) is 0 Å². The molecule has 0 aliphatic carbocycles. The first-order valence-corrected chi connectivity index (χ1v) is 5.89. The lowest BCUT2D eigenvalue weighted by atomic mass is 9.98. The van der Waals surface area contributed by atoms with Crippen LogP contribution in [0.1, 0.15) is 11.3 Å². The van der Waals surface area contributed by atoms with E-state index in [0.717, 1.165) is 10.9 Å². The van der Waals surface area contributed by atoms with Crippen molar-refractivity contribution in [1.29, 1.82) is 0 Å². The van der Waals surface area contributed by atoms with Crippen LogP contribution in [0, 0.1) is 0 Å². The molecule has 0 amide bonds. The maximum Gasteiger partial charge on any atom is 0.0950 e. The molecule has 2 heterocycles. The van der Waals surface area contributed by atoms with Crippen molar-refractivity contribution in [2.24, 2.45) is 0 Å². The summed E-state index contributed by atoms with van der Waals surface area (Å²) in [4.78, 5) is 1.20. The third-order valence-electron chi connectivity index (χ3n) is 2.26. The third kappa shape index (κ3) is 2.13. The standard InChI is InChI=1S/C9H11BrO2S/c10-7-1-4-13-8(7)5-9(11)2-3-12-6-9/h1,4,11H,2-3,5-6H2. The predicted molar refractivity (Wildman–Crippen MR) is 56.1 cm³/mol. The summed E-state index contributed by atoms with van der Waals surface area (Å²) >= 11 is 5.13. The molecule has 2 rings (SSSR count). The van der Waals surface area contributed by atoms with Crippen molar-refractivity contribution >= 4 is 27.3 Å². The van der Waals surface area contributed by atoms with Crippen molar-refractivity contribution in [3.63, 3.8) is 0 Å². The fourth-order valence-electron chi connectivity index (χ4n) is 1.49. The van der Waals surface area contributed by atoms with Gasteiger partial charge >= 0.3 is 0 Å². The summed E-state index contributed by atoms with van der Waals surface area (Å²) < 4.78 is 6.28. The van der Waals surface area contributed by atoms with E-state index >= 15 is 0 Å². The summed E-state index contributed by atoms with van der Waals surface area (Å²) in [5.41, 5.74) is -0.632. The first-order valence-electron chi connectivity index (χ1n) is 4.22. The molecular weight excluding hydrogens is 252 g/mol. The van der Waals surface area contributed by atoms with Crippen LogP contribution in [0.25, 0.3) is 0 Å². The number of aliphatic hydroxyl groups is 1. The normalized spacial score (nSPS) is 28.2. The summed E-state index contributed by atoms with van der Waals surface area (Å²) in [5.74, 6) is 0. The SMILES string of the molecule is OC1(Cc2sccc2Br)CCOC1.